The number of aryl methyl sites for hydroxylation is 2. The van der Waals surface area contributed by atoms with Gasteiger partial charge in [0.25, 0.3) is 0 Å². The van der Waals surface area contributed by atoms with Crippen LogP contribution in [0.1, 0.15) is 41.5 Å². The van der Waals surface area contributed by atoms with Gasteiger partial charge in [0.2, 0.25) is 5.91 Å². The van der Waals surface area contributed by atoms with Gasteiger partial charge in [-0.05, 0) is 25.8 Å². The van der Waals surface area contributed by atoms with Crippen molar-refractivity contribution in [2.24, 2.45) is 11.5 Å². The quantitative estimate of drug-likeness (QED) is 0.128. The topological polar surface area (TPSA) is 250 Å². The molecule has 2 aromatic rings. The van der Waals surface area contributed by atoms with Crippen LogP contribution in [0, 0.1) is 19.3 Å². The molecule has 2 heterocycles. The van der Waals surface area contributed by atoms with E-state index in [2.05, 4.69) is 20.1 Å². The molecule has 1 aliphatic rings. The van der Waals surface area contributed by atoms with E-state index in [-0.39, 0.29) is 41.2 Å². The van der Waals surface area contributed by atoms with Gasteiger partial charge < -0.3 is 30.6 Å². The molecule has 1 aromatic heterocycles. The number of benzene rings is 1. The molecule has 1 saturated heterocycles. The fourth-order valence-electron chi connectivity index (χ4n) is 3.48. The summed E-state index contributed by atoms with van der Waals surface area (Å²) in [4.78, 5) is 38.8. The van der Waals surface area contributed by atoms with Crippen molar-refractivity contribution in [1.82, 2.24) is 16.0 Å². The number of amides is 1. The smallest absolute Gasteiger partial charge is 0.475 e. The zero-order valence-electron chi connectivity index (χ0n) is 21.5. The summed E-state index contributed by atoms with van der Waals surface area (Å²) in [7, 11) is -4.51. The number of aromatic nitrogens is 1. The second kappa shape index (κ2) is 13.5. The number of nitrogen functional groups attached to an aromatic ring is 1. The third kappa shape index (κ3) is 9.23. The number of halogens is 3. The highest BCUT2D eigenvalue weighted by Gasteiger charge is 2.38. The van der Waals surface area contributed by atoms with Crippen molar-refractivity contribution in [2.75, 3.05) is 6.54 Å². The Hall–Kier alpha value is -4.07. The van der Waals surface area contributed by atoms with Crippen LogP contribution in [0.5, 0.6) is 0 Å². The van der Waals surface area contributed by atoms with Gasteiger partial charge in [-0.2, -0.15) is 27.1 Å². The number of carboxylic acids is 1. The molecule has 3 atom stereocenters. The van der Waals surface area contributed by atoms with E-state index in [1.54, 1.807) is 24.3 Å². The lowest BCUT2D eigenvalue weighted by atomic mass is 9.99. The number of amidine groups is 1. The molecular weight excluding hydrogens is 581 g/mol. The summed E-state index contributed by atoms with van der Waals surface area (Å²) in [6.45, 7) is 2.38. The first-order valence-corrected chi connectivity index (χ1v) is 12.9. The van der Waals surface area contributed by atoms with E-state index in [0.717, 1.165) is 5.56 Å². The Morgan fingerprint density at radius 2 is 1.85 bits per heavy atom. The fraction of sp³-hybridized carbons (Fsp3) is 0.409. The maximum atomic E-state index is 12.4. The molecule has 0 aliphatic carbocycles. The van der Waals surface area contributed by atoms with Crippen molar-refractivity contribution in [2.45, 2.75) is 55.9 Å². The van der Waals surface area contributed by atoms with E-state index in [9.17, 15) is 31.2 Å². The Morgan fingerprint density at radius 1 is 1.27 bits per heavy atom. The number of carbonyl (C=O) groups excluding carboxylic acids is 2. The van der Waals surface area contributed by atoms with E-state index in [0.29, 0.717) is 12.0 Å². The van der Waals surface area contributed by atoms with Crippen LogP contribution in [0.2, 0.25) is 0 Å². The Balaban J connectivity index is 0.000000745. The fourth-order valence-corrected chi connectivity index (χ4v) is 4.68. The molecule has 1 amide bonds. The van der Waals surface area contributed by atoms with Crippen molar-refractivity contribution in [3.05, 3.63) is 46.8 Å². The predicted molar refractivity (Wildman–Crippen MR) is 131 cm³/mol. The van der Waals surface area contributed by atoms with E-state index in [1.165, 1.54) is 13.8 Å². The predicted octanol–water partition coefficient (Wildman–Crippen LogP) is 0.309. The van der Waals surface area contributed by atoms with Crippen LogP contribution >= 0.6 is 0 Å². The average molecular weight is 609 g/mol. The Bertz CT molecular complexity index is 1360. The molecule has 226 valence electrons. The SMILES string of the molecule is Cc1noc(C)c1S(=O)(=O)OC(=O)[C@H](CN)NC(=O)C[C@H]1C[C@@H](c2ccc(C(=N)N)cc2)NO1.O=C(O)C(F)(F)F. The summed E-state index contributed by atoms with van der Waals surface area (Å²) in [5.74, 6) is -4.63. The Kier molecular flexibility index (Phi) is 10.9. The number of aliphatic carboxylic acids is 1. The average Bonchev–Trinajstić information content (AvgIpc) is 3.47. The molecule has 41 heavy (non-hydrogen) atoms. The standard InChI is InChI=1S/C20H26N6O7S.C2HF3O2/c1-10-18(11(2)31-25-10)34(29,30)33-20(28)16(9-21)24-17(27)8-14-7-15(26-32-14)12-3-5-13(6-4-12)19(22)23;3-2(4,5)1(6)7/h3-6,14-16,26H,7-9,21H2,1-2H3,(H3,22,23)(H,24,27);(H,6,7)/t14-,15+,16+;/m1./s1. The monoisotopic (exact) mass is 608 g/mol. The number of nitrogens with two attached hydrogens (primary N) is 2. The van der Waals surface area contributed by atoms with Crippen molar-refractivity contribution >= 4 is 33.8 Å². The lowest BCUT2D eigenvalue weighted by Gasteiger charge is -2.16. The van der Waals surface area contributed by atoms with E-state index >= 15 is 0 Å². The van der Waals surface area contributed by atoms with Gasteiger partial charge in [0, 0.05) is 12.1 Å². The highest BCUT2D eigenvalue weighted by atomic mass is 32.2. The number of hydrogen-bond donors (Lipinski definition) is 6. The van der Waals surface area contributed by atoms with Crippen LogP contribution in [0.3, 0.4) is 0 Å². The number of alkyl halides is 3. The van der Waals surface area contributed by atoms with Gasteiger partial charge in [0.05, 0.1) is 18.6 Å². The molecule has 0 spiro atoms. The molecule has 0 saturated carbocycles. The number of hydrogen-bond acceptors (Lipinski definition) is 12. The molecule has 1 fully saturated rings. The summed E-state index contributed by atoms with van der Waals surface area (Å²) in [5, 5.41) is 20.5. The highest BCUT2D eigenvalue weighted by molar-refractivity contribution is 7.87. The third-order valence-electron chi connectivity index (χ3n) is 5.42. The largest absolute Gasteiger partial charge is 0.490 e. The van der Waals surface area contributed by atoms with Gasteiger partial charge in [0.15, 0.2) is 10.7 Å². The molecule has 19 heteroatoms. The van der Waals surface area contributed by atoms with Crippen LogP contribution < -0.4 is 22.3 Å². The number of nitrogens with zero attached hydrogens (tertiary/aromatic N) is 1. The minimum atomic E-state index is -5.08. The number of carboxylic acid groups (broad SMARTS) is 1. The van der Waals surface area contributed by atoms with Crippen molar-refractivity contribution in [1.29, 1.82) is 5.41 Å². The zero-order valence-corrected chi connectivity index (χ0v) is 22.3. The summed E-state index contributed by atoms with van der Waals surface area (Å²) < 4.78 is 66.0. The maximum absolute atomic E-state index is 12.4. The minimum absolute atomic E-state index is 0.0324. The highest BCUT2D eigenvalue weighted by Crippen LogP contribution is 2.27. The maximum Gasteiger partial charge on any atom is 0.490 e. The van der Waals surface area contributed by atoms with Crippen LogP contribution in [0.4, 0.5) is 13.2 Å². The second-order valence-corrected chi connectivity index (χ2v) is 10.0. The number of carbonyl (C=O) groups is 3. The molecule has 15 nitrogen and oxygen atoms in total. The summed E-state index contributed by atoms with van der Waals surface area (Å²) in [5.41, 5.74) is 15.4. The van der Waals surface area contributed by atoms with E-state index in [4.69, 9.17) is 36.1 Å². The molecule has 0 unspecified atom stereocenters. The van der Waals surface area contributed by atoms with Gasteiger partial charge in [-0.1, -0.05) is 29.4 Å². The Labute approximate surface area is 230 Å². The first kappa shape index (κ1) is 33.1. The summed E-state index contributed by atoms with van der Waals surface area (Å²) in [6.07, 6.45) is -5.22. The molecule has 8 N–H and O–H groups in total. The van der Waals surface area contributed by atoms with Gasteiger partial charge in [-0.15, -0.1) is 0 Å². The van der Waals surface area contributed by atoms with Gasteiger partial charge in [-0.3, -0.25) is 15.0 Å². The lowest BCUT2D eigenvalue weighted by molar-refractivity contribution is -0.192. The molecule has 0 radical (unpaired) electrons. The molecule has 3 rings (SSSR count). The van der Waals surface area contributed by atoms with Crippen LogP contribution in [0.25, 0.3) is 0 Å². The van der Waals surface area contributed by atoms with Gasteiger partial charge >= 0.3 is 28.2 Å². The molecule has 1 aromatic carbocycles. The summed E-state index contributed by atoms with van der Waals surface area (Å²) >= 11 is 0. The summed E-state index contributed by atoms with van der Waals surface area (Å²) in [6, 6.07) is 5.47. The number of rotatable bonds is 9. The molecule has 0 bridgehead atoms. The van der Waals surface area contributed by atoms with Crippen molar-refractivity contribution in [3.63, 3.8) is 0 Å². The lowest BCUT2D eigenvalue weighted by Crippen LogP contribution is -2.47. The zero-order chi connectivity index (χ0) is 31.1. The van der Waals surface area contributed by atoms with Gasteiger partial charge in [0.1, 0.15) is 17.6 Å². The van der Waals surface area contributed by atoms with Crippen LogP contribution in [-0.4, -0.2) is 67.2 Å². The van der Waals surface area contributed by atoms with Crippen molar-refractivity contribution in [3.8, 4) is 0 Å². The second-order valence-electron chi connectivity index (χ2n) is 8.55. The van der Waals surface area contributed by atoms with Gasteiger partial charge in [-0.25, -0.2) is 9.59 Å². The molecular formula is C22H27F3N6O9S. The van der Waals surface area contributed by atoms with E-state index < -0.39 is 46.3 Å². The normalized spacial score (nSPS) is 17.6. The van der Waals surface area contributed by atoms with E-state index in [1.807, 2.05) is 0 Å². The van der Waals surface area contributed by atoms with Crippen LogP contribution in [-0.2, 0) is 33.5 Å². The van der Waals surface area contributed by atoms with Crippen molar-refractivity contribution < 1.29 is 54.6 Å². The number of nitrogens with one attached hydrogen (secondary N) is 3. The first-order valence-electron chi connectivity index (χ1n) is 11.5. The Morgan fingerprint density at radius 3 is 2.32 bits per heavy atom. The minimum Gasteiger partial charge on any atom is -0.475 e. The molecule has 1 aliphatic heterocycles. The third-order valence-corrected chi connectivity index (χ3v) is 6.89. The van der Waals surface area contributed by atoms with Crippen LogP contribution in [0.15, 0.2) is 33.7 Å². The number of hydroxylamine groups is 1. The first-order chi connectivity index (χ1) is 19.0.